The zero-order valence-corrected chi connectivity index (χ0v) is 14.4. The number of ether oxygens (including phenoxy) is 1. The second-order valence-electron chi connectivity index (χ2n) is 6.35. The molecule has 0 radical (unpaired) electrons. The SMILES string of the molecule is Cc1cccc(-c2nnc(-c3ccc(NC(=O)C4CCCO4)cc3)o2)c1. The highest BCUT2D eigenvalue weighted by Gasteiger charge is 2.23. The summed E-state index contributed by atoms with van der Waals surface area (Å²) in [7, 11) is 0. The van der Waals surface area contributed by atoms with Crippen LogP contribution in [0.4, 0.5) is 5.69 Å². The fraction of sp³-hybridized carbons (Fsp3) is 0.250. The van der Waals surface area contributed by atoms with E-state index in [2.05, 4.69) is 15.5 Å². The van der Waals surface area contributed by atoms with Gasteiger partial charge in [-0.25, -0.2) is 0 Å². The molecule has 0 bridgehead atoms. The molecule has 1 aromatic heterocycles. The van der Waals surface area contributed by atoms with Gasteiger partial charge >= 0.3 is 0 Å². The average Bonchev–Trinajstić information content (AvgIpc) is 3.35. The first kappa shape index (κ1) is 16.5. The van der Waals surface area contributed by atoms with Crippen molar-refractivity contribution >= 4 is 11.6 Å². The minimum Gasteiger partial charge on any atom is -0.416 e. The highest BCUT2D eigenvalue weighted by Crippen LogP contribution is 2.25. The molecule has 1 fully saturated rings. The summed E-state index contributed by atoms with van der Waals surface area (Å²) in [5.74, 6) is 0.827. The molecule has 4 rings (SSSR count). The third-order valence-corrected chi connectivity index (χ3v) is 4.31. The van der Waals surface area contributed by atoms with Gasteiger partial charge in [-0.2, -0.15) is 0 Å². The van der Waals surface area contributed by atoms with Crippen LogP contribution in [-0.4, -0.2) is 28.8 Å². The second kappa shape index (κ2) is 7.09. The lowest BCUT2D eigenvalue weighted by Gasteiger charge is -2.10. The summed E-state index contributed by atoms with van der Waals surface area (Å²) in [5, 5.41) is 11.1. The van der Waals surface area contributed by atoms with E-state index in [1.807, 2.05) is 55.5 Å². The summed E-state index contributed by atoms with van der Waals surface area (Å²) in [6.07, 6.45) is 1.35. The van der Waals surface area contributed by atoms with Crippen LogP contribution in [0.5, 0.6) is 0 Å². The van der Waals surface area contributed by atoms with E-state index in [1.54, 1.807) is 0 Å². The van der Waals surface area contributed by atoms with Crippen molar-refractivity contribution in [2.45, 2.75) is 25.9 Å². The Labute approximate surface area is 151 Å². The van der Waals surface area contributed by atoms with Crippen molar-refractivity contribution < 1.29 is 13.9 Å². The standard InChI is InChI=1S/C20H19N3O3/c1-13-4-2-5-15(12-13)20-23-22-19(26-20)14-7-9-16(10-8-14)21-18(24)17-6-3-11-25-17/h2,4-5,7-10,12,17H,3,6,11H2,1H3,(H,21,24). The van der Waals surface area contributed by atoms with Gasteiger partial charge in [0.2, 0.25) is 11.8 Å². The zero-order chi connectivity index (χ0) is 17.9. The number of nitrogens with zero attached hydrogens (tertiary/aromatic N) is 2. The van der Waals surface area contributed by atoms with Gasteiger partial charge < -0.3 is 14.5 Å². The predicted octanol–water partition coefficient (Wildman–Crippen LogP) is 3.83. The number of aryl methyl sites for hydroxylation is 1. The number of hydrogen-bond donors (Lipinski definition) is 1. The van der Waals surface area contributed by atoms with Crippen LogP contribution >= 0.6 is 0 Å². The number of carbonyl (C=O) groups is 1. The van der Waals surface area contributed by atoms with Crippen molar-refractivity contribution in [3.63, 3.8) is 0 Å². The second-order valence-corrected chi connectivity index (χ2v) is 6.35. The summed E-state index contributed by atoms with van der Waals surface area (Å²) in [6.45, 7) is 2.67. The molecule has 1 saturated heterocycles. The van der Waals surface area contributed by atoms with Gasteiger partial charge in [0.05, 0.1) is 0 Å². The van der Waals surface area contributed by atoms with E-state index in [1.165, 1.54) is 0 Å². The van der Waals surface area contributed by atoms with Crippen LogP contribution < -0.4 is 5.32 Å². The molecule has 3 aromatic rings. The predicted molar refractivity (Wildman–Crippen MR) is 97.5 cm³/mol. The number of aromatic nitrogens is 2. The van der Waals surface area contributed by atoms with E-state index in [4.69, 9.17) is 9.15 Å². The molecule has 6 nitrogen and oxygen atoms in total. The number of carbonyl (C=O) groups excluding carboxylic acids is 1. The van der Waals surface area contributed by atoms with Crippen molar-refractivity contribution in [1.29, 1.82) is 0 Å². The molecule has 1 aliphatic heterocycles. The highest BCUT2D eigenvalue weighted by atomic mass is 16.5. The molecular formula is C20H19N3O3. The van der Waals surface area contributed by atoms with Crippen LogP contribution in [0.3, 0.4) is 0 Å². The van der Waals surface area contributed by atoms with Gasteiger partial charge in [-0.05, 0) is 56.2 Å². The van der Waals surface area contributed by atoms with Crippen LogP contribution in [0.15, 0.2) is 52.9 Å². The summed E-state index contributed by atoms with van der Waals surface area (Å²) in [5.41, 5.74) is 3.54. The van der Waals surface area contributed by atoms with Crippen molar-refractivity contribution in [3.8, 4) is 22.9 Å². The maximum absolute atomic E-state index is 12.1. The van der Waals surface area contributed by atoms with Crippen molar-refractivity contribution in [3.05, 3.63) is 54.1 Å². The smallest absolute Gasteiger partial charge is 0.253 e. The van der Waals surface area contributed by atoms with Crippen LogP contribution in [0.1, 0.15) is 18.4 Å². The fourth-order valence-electron chi connectivity index (χ4n) is 2.94. The van der Waals surface area contributed by atoms with Gasteiger partial charge in [-0.3, -0.25) is 4.79 Å². The number of nitrogens with one attached hydrogen (secondary N) is 1. The van der Waals surface area contributed by atoms with E-state index in [0.29, 0.717) is 24.1 Å². The first-order valence-corrected chi connectivity index (χ1v) is 8.62. The maximum Gasteiger partial charge on any atom is 0.253 e. The van der Waals surface area contributed by atoms with E-state index in [0.717, 1.165) is 29.5 Å². The van der Waals surface area contributed by atoms with Crippen molar-refractivity contribution in [2.24, 2.45) is 0 Å². The van der Waals surface area contributed by atoms with E-state index >= 15 is 0 Å². The quantitative estimate of drug-likeness (QED) is 0.774. The molecular weight excluding hydrogens is 330 g/mol. The van der Waals surface area contributed by atoms with Crippen LogP contribution in [0.25, 0.3) is 22.9 Å². The number of hydrogen-bond acceptors (Lipinski definition) is 5. The maximum atomic E-state index is 12.1. The number of amides is 1. The molecule has 1 aliphatic rings. The molecule has 2 aromatic carbocycles. The lowest BCUT2D eigenvalue weighted by atomic mass is 10.1. The molecule has 1 N–H and O–H groups in total. The number of anilines is 1. The Morgan fingerprint density at radius 2 is 1.85 bits per heavy atom. The molecule has 26 heavy (non-hydrogen) atoms. The van der Waals surface area contributed by atoms with Crippen LogP contribution in [0.2, 0.25) is 0 Å². The van der Waals surface area contributed by atoms with Crippen molar-refractivity contribution in [2.75, 3.05) is 11.9 Å². The Bertz CT molecular complexity index is 912. The molecule has 1 atom stereocenters. The molecule has 0 aliphatic carbocycles. The van der Waals surface area contributed by atoms with Crippen molar-refractivity contribution in [1.82, 2.24) is 10.2 Å². The molecule has 2 heterocycles. The summed E-state index contributed by atoms with van der Waals surface area (Å²) < 4.78 is 11.2. The topological polar surface area (TPSA) is 77.2 Å². The normalized spacial score (nSPS) is 16.6. The fourth-order valence-corrected chi connectivity index (χ4v) is 2.94. The minimum absolute atomic E-state index is 0.102. The Morgan fingerprint density at radius 3 is 2.54 bits per heavy atom. The van der Waals surface area contributed by atoms with Gasteiger partial charge in [-0.1, -0.05) is 17.7 Å². The molecule has 6 heteroatoms. The molecule has 132 valence electrons. The van der Waals surface area contributed by atoms with Gasteiger partial charge in [0.25, 0.3) is 5.91 Å². The Morgan fingerprint density at radius 1 is 1.08 bits per heavy atom. The van der Waals surface area contributed by atoms with Crippen LogP contribution in [-0.2, 0) is 9.53 Å². The first-order chi connectivity index (χ1) is 12.7. The van der Waals surface area contributed by atoms with Gasteiger partial charge in [0.1, 0.15) is 6.10 Å². The minimum atomic E-state index is -0.345. The average molecular weight is 349 g/mol. The highest BCUT2D eigenvalue weighted by molar-refractivity contribution is 5.94. The number of benzene rings is 2. The van der Waals surface area contributed by atoms with Crippen LogP contribution in [0, 0.1) is 6.92 Å². The number of rotatable bonds is 4. The first-order valence-electron chi connectivity index (χ1n) is 8.62. The van der Waals surface area contributed by atoms with E-state index in [-0.39, 0.29) is 12.0 Å². The lowest BCUT2D eigenvalue weighted by Crippen LogP contribution is -2.26. The molecule has 1 unspecified atom stereocenters. The Hall–Kier alpha value is -2.99. The van der Waals surface area contributed by atoms with E-state index < -0.39 is 0 Å². The van der Waals surface area contributed by atoms with Gasteiger partial charge in [-0.15, -0.1) is 10.2 Å². The Kier molecular flexibility index (Phi) is 4.50. The third kappa shape index (κ3) is 3.50. The molecule has 0 spiro atoms. The zero-order valence-electron chi connectivity index (χ0n) is 14.4. The lowest BCUT2D eigenvalue weighted by molar-refractivity contribution is -0.124. The third-order valence-electron chi connectivity index (χ3n) is 4.31. The van der Waals surface area contributed by atoms with Gasteiger partial charge in [0, 0.05) is 23.4 Å². The van der Waals surface area contributed by atoms with Gasteiger partial charge in [0.15, 0.2) is 0 Å². The molecule has 1 amide bonds. The van der Waals surface area contributed by atoms with E-state index in [9.17, 15) is 4.79 Å². The summed E-state index contributed by atoms with van der Waals surface area (Å²) in [6, 6.07) is 15.2. The largest absolute Gasteiger partial charge is 0.416 e. The Balaban J connectivity index is 1.48. The summed E-state index contributed by atoms with van der Waals surface area (Å²) >= 11 is 0. The molecule has 0 saturated carbocycles. The summed E-state index contributed by atoms with van der Waals surface area (Å²) in [4.78, 5) is 12.1. The monoisotopic (exact) mass is 349 g/mol.